The third-order valence-corrected chi connectivity index (χ3v) is 4.89. The molecule has 0 spiro atoms. The van der Waals surface area contributed by atoms with Crippen molar-refractivity contribution in [1.29, 1.82) is 0 Å². The summed E-state index contributed by atoms with van der Waals surface area (Å²) in [6, 6.07) is 8.42. The number of nitrogens with zero attached hydrogens (tertiary/aromatic N) is 5. The van der Waals surface area contributed by atoms with E-state index in [0.29, 0.717) is 35.3 Å². The lowest BCUT2D eigenvalue weighted by Crippen LogP contribution is -1.99. The molecule has 0 atom stereocenters. The highest BCUT2D eigenvalue weighted by Gasteiger charge is 2.17. The zero-order valence-corrected chi connectivity index (χ0v) is 15.5. The second-order valence-corrected chi connectivity index (χ2v) is 6.76. The highest BCUT2D eigenvalue weighted by molar-refractivity contribution is 7.98. The van der Waals surface area contributed by atoms with Crippen LogP contribution in [0, 0.1) is 12.7 Å². The molecule has 0 fully saturated rings. The molecule has 1 aromatic carbocycles. The Morgan fingerprint density at radius 3 is 2.89 bits per heavy atom. The molecule has 0 aliphatic carbocycles. The first-order chi connectivity index (χ1) is 13.2. The van der Waals surface area contributed by atoms with Crippen molar-refractivity contribution in [3.63, 3.8) is 0 Å². The zero-order chi connectivity index (χ0) is 18.8. The number of halogens is 1. The van der Waals surface area contributed by atoms with Crippen LogP contribution in [0.3, 0.4) is 0 Å². The van der Waals surface area contributed by atoms with Gasteiger partial charge >= 0.3 is 0 Å². The Morgan fingerprint density at radius 1 is 1.22 bits per heavy atom. The first kappa shape index (κ1) is 17.5. The van der Waals surface area contributed by atoms with Crippen molar-refractivity contribution in [1.82, 2.24) is 24.9 Å². The van der Waals surface area contributed by atoms with E-state index in [1.54, 1.807) is 18.4 Å². The van der Waals surface area contributed by atoms with Crippen LogP contribution in [0.1, 0.15) is 18.3 Å². The van der Waals surface area contributed by atoms with Gasteiger partial charge in [-0.3, -0.25) is 4.57 Å². The lowest BCUT2D eigenvalue weighted by atomic mass is 10.1. The van der Waals surface area contributed by atoms with E-state index in [9.17, 15) is 4.39 Å². The van der Waals surface area contributed by atoms with Gasteiger partial charge in [0.05, 0.1) is 17.6 Å². The first-order valence-corrected chi connectivity index (χ1v) is 9.33. The molecule has 0 N–H and O–H groups in total. The highest BCUT2D eigenvalue weighted by Crippen LogP contribution is 2.27. The maximum absolute atomic E-state index is 14.0. The number of furan rings is 1. The van der Waals surface area contributed by atoms with E-state index in [1.165, 1.54) is 17.8 Å². The molecular weight excluding hydrogens is 369 g/mol. The van der Waals surface area contributed by atoms with E-state index in [4.69, 9.17) is 8.94 Å². The Bertz CT molecular complexity index is 1060. The van der Waals surface area contributed by atoms with Gasteiger partial charge in [0, 0.05) is 6.54 Å². The summed E-state index contributed by atoms with van der Waals surface area (Å²) < 4.78 is 26.6. The number of hydrogen-bond donors (Lipinski definition) is 0. The fraction of sp³-hybridized carbons (Fsp3) is 0.222. The van der Waals surface area contributed by atoms with E-state index in [-0.39, 0.29) is 5.89 Å². The van der Waals surface area contributed by atoms with Crippen LogP contribution in [-0.2, 0) is 12.3 Å². The van der Waals surface area contributed by atoms with Crippen LogP contribution in [0.15, 0.2) is 50.7 Å². The van der Waals surface area contributed by atoms with Crippen molar-refractivity contribution < 1.29 is 13.3 Å². The second-order valence-electron chi connectivity index (χ2n) is 5.82. The first-order valence-electron chi connectivity index (χ1n) is 8.34. The Morgan fingerprint density at radius 2 is 2.11 bits per heavy atom. The summed E-state index contributed by atoms with van der Waals surface area (Å²) in [4.78, 5) is 4.30. The number of aryl methyl sites for hydroxylation is 1. The molecule has 7 nitrogen and oxygen atoms in total. The maximum Gasteiger partial charge on any atom is 0.260 e. The molecule has 3 heterocycles. The Hall–Kier alpha value is -2.94. The van der Waals surface area contributed by atoms with Crippen LogP contribution in [0.2, 0.25) is 0 Å². The van der Waals surface area contributed by atoms with Gasteiger partial charge in [-0.15, -0.1) is 10.2 Å². The Balaban J connectivity index is 1.52. The standard InChI is InChI=1S/C18H16FN5O2S/c1-3-24-16(14-5-4-8-25-14)21-22-18(24)27-10-15-20-17(26-23-15)12-9-11(2)6-7-13(12)19/h4-9H,3,10H2,1-2H3. The van der Waals surface area contributed by atoms with Gasteiger partial charge in [-0.1, -0.05) is 28.5 Å². The predicted octanol–water partition coefficient (Wildman–Crippen LogP) is 4.35. The summed E-state index contributed by atoms with van der Waals surface area (Å²) in [6.07, 6.45) is 1.60. The lowest BCUT2D eigenvalue weighted by molar-refractivity contribution is 0.422. The molecule has 0 bridgehead atoms. The van der Waals surface area contributed by atoms with Crippen molar-refractivity contribution in [2.75, 3.05) is 0 Å². The summed E-state index contributed by atoms with van der Waals surface area (Å²) in [5.41, 5.74) is 1.22. The van der Waals surface area contributed by atoms with E-state index in [2.05, 4.69) is 20.3 Å². The second kappa shape index (κ2) is 7.36. The van der Waals surface area contributed by atoms with Gasteiger partial charge in [0.2, 0.25) is 0 Å². The summed E-state index contributed by atoms with van der Waals surface area (Å²) >= 11 is 1.43. The molecule has 0 amide bonds. The number of aromatic nitrogens is 5. The SMILES string of the molecule is CCn1c(SCc2noc(-c3cc(C)ccc3F)n2)nnc1-c1ccco1. The molecule has 27 heavy (non-hydrogen) atoms. The monoisotopic (exact) mass is 385 g/mol. The number of thioether (sulfide) groups is 1. The molecule has 0 unspecified atom stereocenters. The summed E-state index contributed by atoms with van der Waals surface area (Å²) in [7, 11) is 0. The number of rotatable bonds is 6. The van der Waals surface area contributed by atoms with E-state index < -0.39 is 5.82 Å². The quantitative estimate of drug-likeness (QED) is 0.456. The fourth-order valence-electron chi connectivity index (χ4n) is 2.62. The molecule has 0 radical (unpaired) electrons. The Kier molecular flexibility index (Phi) is 4.76. The predicted molar refractivity (Wildman–Crippen MR) is 97.4 cm³/mol. The van der Waals surface area contributed by atoms with Crippen LogP contribution in [0.4, 0.5) is 4.39 Å². The summed E-state index contributed by atoms with van der Waals surface area (Å²) in [5.74, 6) is 1.99. The molecule has 9 heteroatoms. The maximum atomic E-state index is 14.0. The molecule has 4 rings (SSSR count). The van der Waals surface area contributed by atoms with Crippen molar-refractivity contribution in [3.8, 4) is 23.0 Å². The van der Waals surface area contributed by atoms with Crippen molar-refractivity contribution in [3.05, 3.63) is 53.8 Å². The number of benzene rings is 1. The zero-order valence-electron chi connectivity index (χ0n) is 14.7. The molecule has 138 valence electrons. The molecule has 0 saturated heterocycles. The minimum atomic E-state index is -0.391. The average Bonchev–Trinajstić information content (AvgIpc) is 3.41. The Labute approximate surface area is 158 Å². The van der Waals surface area contributed by atoms with E-state index in [0.717, 1.165) is 10.7 Å². The van der Waals surface area contributed by atoms with Gasteiger partial charge in [0.1, 0.15) is 5.82 Å². The average molecular weight is 385 g/mol. The number of hydrogen-bond acceptors (Lipinski definition) is 7. The third-order valence-electron chi connectivity index (χ3n) is 3.93. The minimum absolute atomic E-state index is 0.167. The van der Waals surface area contributed by atoms with Gasteiger partial charge in [-0.05, 0) is 38.1 Å². The molecule has 0 aliphatic rings. The van der Waals surface area contributed by atoms with Gasteiger partial charge < -0.3 is 8.94 Å². The third kappa shape index (κ3) is 3.50. The van der Waals surface area contributed by atoms with Crippen molar-refractivity contribution in [2.24, 2.45) is 0 Å². The van der Waals surface area contributed by atoms with E-state index in [1.807, 2.05) is 30.5 Å². The molecule has 0 aliphatic heterocycles. The van der Waals surface area contributed by atoms with Crippen LogP contribution < -0.4 is 0 Å². The van der Waals surface area contributed by atoms with E-state index >= 15 is 0 Å². The highest BCUT2D eigenvalue weighted by atomic mass is 32.2. The van der Waals surface area contributed by atoms with Crippen molar-refractivity contribution in [2.45, 2.75) is 31.3 Å². The molecule has 4 aromatic rings. The van der Waals surface area contributed by atoms with Crippen LogP contribution >= 0.6 is 11.8 Å². The minimum Gasteiger partial charge on any atom is -0.461 e. The van der Waals surface area contributed by atoms with Gasteiger partial charge in [-0.2, -0.15) is 4.98 Å². The van der Waals surface area contributed by atoms with Crippen LogP contribution in [0.5, 0.6) is 0 Å². The van der Waals surface area contributed by atoms with Gasteiger partial charge in [0.25, 0.3) is 5.89 Å². The lowest BCUT2D eigenvalue weighted by Gasteiger charge is -2.04. The van der Waals surface area contributed by atoms with Crippen LogP contribution in [0.25, 0.3) is 23.0 Å². The topological polar surface area (TPSA) is 82.8 Å². The van der Waals surface area contributed by atoms with Crippen LogP contribution in [-0.4, -0.2) is 24.9 Å². The van der Waals surface area contributed by atoms with Crippen molar-refractivity contribution >= 4 is 11.8 Å². The largest absolute Gasteiger partial charge is 0.461 e. The normalized spacial score (nSPS) is 11.2. The molecular formula is C18H16FN5O2S. The summed E-state index contributed by atoms with van der Waals surface area (Å²) in [6.45, 7) is 4.58. The summed E-state index contributed by atoms with van der Waals surface area (Å²) in [5, 5.41) is 13.1. The van der Waals surface area contributed by atoms with Gasteiger partial charge in [0.15, 0.2) is 22.6 Å². The molecule has 0 saturated carbocycles. The fourth-order valence-corrected chi connectivity index (χ4v) is 3.47. The molecule has 3 aromatic heterocycles. The van der Waals surface area contributed by atoms with Gasteiger partial charge in [-0.25, -0.2) is 4.39 Å². The smallest absolute Gasteiger partial charge is 0.260 e.